The van der Waals surface area contributed by atoms with Gasteiger partial charge in [0.1, 0.15) is 24.9 Å². The van der Waals surface area contributed by atoms with Crippen LogP contribution in [0.4, 0.5) is 0 Å². The Morgan fingerprint density at radius 3 is 2.22 bits per heavy atom. The standard InChI is InChI=1S/C18H12ClN3O/c1-11-3-5-12(6-4-11)18-17(19)15-7-13(9-20)14(10-21)8-16(15)22(18)23-2/h3-8H,1-2H3. The van der Waals surface area contributed by atoms with Gasteiger partial charge in [0, 0.05) is 10.9 Å². The van der Waals surface area contributed by atoms with Crippen molar-refractivity contribution in [3.63, 3.8) is 0 Å². The maximum atomic E-state index is 9.21. The summed E-state index contributed by atoms with van der Waals surface area (Å²) in [4.78, 5) is 5.48. The first kappa shape index (κ1) is 15.0. The van der Waals surface area contributed by atoms with Gasteiger partial charge in [-0.1, -0.05) is 41.4 Å². The van der Waals surface area contributed by atoms with Gasteiger partial charge in [-0.15, -0.1) is 0 Å². The van der Waals surface area contributed by atoms with Gasteiger partial charge in [0.2, 0.25) is 0 Å². The highest BCUT2D eigenvalue weighted by atomic mass is 35.5. The molecule has 0 fully saturated rings. The highest BCUT2D eigenvalue weighted by Gasteiger charge is 2.20. The second-order valence-corrected chi connectivity index (χ2v) is 5.52. The molecule has 0 aliphatic rings. The molecule has 0 atom stereocenters. The fraction of sp³-hybridized carbons (Fsp3) is 0.111. The van der Waals surface area contributed by atoms with Crippen molar-refractivity contribution in [2.24, 2.45) is 0 Å². The monoisotopic (exact) mass is 321 g/mol. The second kappa shape index (κ2) is 5.68. The fourth-order valence-corrected chi connectivity index (χ4v) is 2.94. The number of nitriles is 2. The van der Waals surface area contributed by atoms with Crippen molar-refractivity contribution in [2.45, 2.75) is 6.92 Å². The molecule has 0 saturated carbocycles. The Kier molecular flexibility index (Phi) is 3.70. The Balaban J connectivity index is 2.40. The summed E-state index contributed by atoms with van der Waals surface area (Å²) in [6, 6.07) is 15.2. The highest BCUT2D eigenvalue weighted by Crippen LogP contribution is 2.38. The lowest BCUT2D eigenvalue weighted by Gasteiger charge is -2.09. The fourth-order valence-electron chi connectivity index (χ4n) is 2.60. The van der Waals surface area contributed by atoms with Crippen LogP contribution < -0.4 is 4.84 Å². The van der Waals surface area contributed by atoms with Crippen molar-refractivity contribution in [1.82, 2.24) is 4.73 Å². The lowest BCUT2D eigenvalue weighted by atomic mass is 10.1. The first-order chi connectivity index (χ1) is 11.1. The average molecular weight is 322 g/mol. The largest absolute Gasteiger partial charge is 0.416 e. The number of aryl methyl sites for hydroxylation is 1. The van der Waals surface area contributed by atoms with E-state index in [-0.39, 0.29) is 0 Å². The molecule has 112 valence electrons. The molecule has 0 unspecified atom stereocenters. The Bertz CT molecular complexity index is 988. The van der Waals surface area contributed by atoms with Gasteiger partial charge in [0.25, 0.3) is 0 Å². The molecule has 4 nitrogen and oxygen atoms in total. The lowest BCUT2D eigenvalue weighted by molar-refractivity contribution is 0.183. The van der Waals surface area contributed by atoms with Crippen molar-refractivity contribution < 1.29 is 4.84 Å². The van der Waals surface area contributed by atoms with E-state index < -0.39 is 0 Å². The number of rotatable bonds is 2. The van der Waals surface area contributed by atoms with Gasteiger partial charge < -0.3 is 4.84 Å². The maximum absolute atomic E-state index is 9.21. The molecule has 0 saturated heterocycles. The topological polar surface area (TPSA) is 61.7 Å². The van der Waals surface area contributed by atoms with E-state index in [1.54, 1.807) is 16.9 Å². The van der Waals surface area contributed by atoms with Crippen molar-refractivity contribution in [3.8, 4) is 23.4 Å². The van der Waals surface area contributed by atoms with E-state index in [1.807, 2.05) is 43.3 Å². The minimum absolute atomic E-state index is 0.294. The van der Waals surface area contributed by atoms with Crippen LogP contribution in [0.1, 0.15) is 16.7 Å². The average Bonchev–Trinajstić information content (AvgIpc) is 2.85. The molecule has 2 aromatic carbocycles. The van der Waals surface area contributed by atoms with Gasteiger partial charge in [-0.25, -0.2) is 0 Å². The number of hydrogen-bond acceptors (Lipinski definition) is 3. The van der Waals surface area contributed by atoms with Crippen LogP contribution in [0.5, 0.6) is 0 Å². The number of halogens is 1. The van der Waals surface area contributed by atoms with E-state index in [0.29, 0.717) is 32.7 Å². The van der Waals surface area contributed by atoms with Crippen molar-refractivity contribution in [2.75, 3.05) is 7.11 Å². The highest BCUT2D eigenvalue weighted by molar-refractivity contribution is 6.38. The first-order valence-electron chi connectivity index (χ1n) is 6.90. The van der Waals surface area contributed by atoms with Crippen LogP contribution in [0.3, 0.4) is 0 Å². The lowest BCUT2D eigenvalue weighted by Crippen LogP contribution is -2.07. The van der Waals surface area contributed by atoms with E-state index in [4.69, 9.17) is 16.4 Å². The van der Waals surface area contributed by atoms with Gasteiger partial charge in [-0.05, 0) is 19.1 Å². The minimum atomic E-state index is 0.294. The van der Waals surface area contributed by atoms with Crippen LogP contribution in [0.25, 0.3) is 22.2 Å². The molecule has 5 heteroatoms. The summed E-state index contributed by atoms with van der Waals surface area (Å²) in [6.07, 6.45) is 0. The summed E-state index contributed by atoms with van der Waals surface area (Å²) >= 11 is 6.55. The SMILES string of the molecule is COn1c(-c2ccc(C)cc2)c(Cl)c2cc(C#N)c(C#N)cc21. The molecule has 0 aliphatic heterocycles. The number of nitrogens with zero attached hydrogens (tertiary/aromatic N) is 3. The predicted molar refractivity (Wildman–Crippen MR) is 89.1 cm³/mol. The number of hydrogen-bond donors (Lipinski definition) is 0. The van der Waals surface area contributed by atoms with Crippen molar-refractivity contribution in [1.29, 1.82) is 10.5 Å². The number of aromatic nitrogens is 1. The zero-order valence-electron chi connectivity index (χ0n) is 12.6. The maximum Gasteiger partial charge on any atom is 0.107 e. The number of fused-ring (bicyclic) bond motifs is 1. The van der Waals surface area contributed by atoms with Crippen LogP contribution in [-0.4, -0.2) is 11.8 Å². The van der Waals surface area contributed by atoms with Crippen LogP contribution in [0.15, 0.2) is 36.4 Å². The molecule has 23 heavy (non-hydrogen) atoms. The molecule has 0 N–H and O–H groups in total. The summed E-state index contributed by atoms with van der Waals surface area (Å²) in [7, 11) is 1.54. The third-order valence-electron chi connectivity index (χ3n) is 3.75. The molecule has 0 spiro atoms. The quantitative estimate of drug-likeness (QED) is 0.714. The van der Waals surface area contributed by atoms with Crippen LogP contribution in [0, 0.1) is 29.6 Å². The summed E-state index contributed by atoms with van der Waals surface area (Å²) in [5, 5.41) is 19.6. The van der Waals surface area contributed by atoms with Gasteiger partial charge in [-0.2, -0.15) is 15.3 Å². The zero-order chi connectivity index (χ0) is 16.6. The van der Waals surface area contributed by atoms with Gasteiger partial charge in [-0.3, -0.25) is 0 Å². The molecule has 0 radical (unpaired) electrons. The Hall–Kier alpha value is -2.95. The van der Waals surface area contributed by atoms with Crippen LogP contribution in [0.2, 0.25) is 5.02 Å². The summed E-state index contributed by atoms with van der Waals surface area (Å²) < 4.78 is 1.59. The molecular weight excluding hydrogens is 310 g/mol. The van der Waals surface area contributed by atoms with Gasteiger partial charge in [0.15, 0.2) is 0 Å². The molecule has 0 aliphatic carbocycles. The van der Waals surface area contributed by atoms with Gasteiger partial charge in [0.05, 0.1) is 21.7 Å². The molecule has 3 aromatic rings. The van der Waals surface area contributed by atoms with Crippen molar-refractivity contribution >= 4 is 22.5 Å². The van der Waals surface area contributed by atoms with E-state index in [9.17, 15) is 10.5 Å². The summed E-state index contributed by atoms with van der Waals surface area (Å²) in [5.74, 6) is 0. The summed E-state index contributed by atoms with van der Waals surface area (Å²) in [5.41, 5.74) is 3.99. The normalized spacial score (nSPS) is 10.3. The molecule has 1 heterocycles. The molecule has 0 amide bonds. The molecule has 1 aromatic heterocycles. The Morgan fingerprint density at radius 2 is 1.65 bits per heavy atom. The van der Waals surface area contributed by atoms with Crippen LogP contribution >= 0.6 is 11.6 Å². The second-order valence-electron chi connectivity index (χ2n) is 5.14. The van der Waals surface area contributed by atoms with Gasteiger partial charge >= 0.3 is 0 Å². The molecule has 3 rings (SSSR count). The van der Waals surface area contributed by atoms with E-state index in [2.05, 4.69) is 0 Å². The summed E-state index contributed by atoms with van der Waals surface area (Å²) in [6.45, 7) is 2.01. The third kappa shape index (κ3) is 2.30. The minimum Gasteiger partial charge on any atom is -0.416 e. The molecule has 0 bridgehead atoms. The van der Waals surface area contributed by atoms with Crippen molar-refractivity contribution in [3.05, 3.63) is 58.1 Å². The van der Waals surface area contributed by atoms with E-state index >= 15 is 0 Å². The Labute approximate surface area is 138 Å². The van der Waals surface area contributed by atoms with Crippen LogP contribution in [-0.2, 0) is 0 Å². The predicted octanol–water partition coefficient (Wildman–Crippen LogP) is 4.07. The first-order valence-corrected chi connectivity index (χ1v) is 7.28. The Morgan fingerprint density at radius 1 is 1.04 bits per heavy atom. The smallest absolute Gasteiger partial charge is 0.107 e. The van der Waals surface area contributed by atoms with E-state index in [0.717, 1.165) is 11.1 Å². The molecular formula is C18H12ClN3O. The zero-order valence-corrected chi connectivity index (χ0v) is 13.3. The third-order valence-corrected chi connectivity index (χ3v) is 4.13. The number of benzene rings is 2. The van der Waals surface area contributed by atoms with E-state index in [1.165, 1.54) is 7.11 Å².